The van der Waals surface area contributed by atoms with Gasteiger partial charge in [0.15, 0.2) is 0 Å². The van der Waals surface area contributed by atoms with Gasteiger partial charge in [-0.2, -0.15) is 0 Å². The number of sulfonamides is 1. The van der Waals surface area contributed by atoms with Crippen molar-refractivity contribution in [2.45, 2.75) is 25.0 Å². The first-order valence-electron chi connectivity index (χ1n) is 5.32. The highest BCUT2D eigenvalue weighted by Gasteiger charge is 2.20. The fourth-order valence-corrected chi connectivity index (χ4v) is 2.43. The largest absolute Gasteiger partial charge is 0.381 e. The molecule has 1 aliphatic heterocycles. The van der Waals surface area contributed by atoms with Crippen molar-refractivity contribution in [3.63, 3.8) is 0 Å². The van der Waals surface area contributed by atoms with Gasteiger partial charge >= 0.3 is 0 Å². The number of rotatable bonds is 6. The first-order valence-corrected chi connectivity index (χ1v) is 6.87. The van der Waals surface area contributed by atoms with Crippen LogP contribution in [0, 0.1) is 5.92 Å². The minimum Gasteiger partial charge on any atom is -0.381 e. The van der Waals surface area contributed by atoms with E-state index in [4.69, 9.17) is 10.5 Å². The predicted molar refractivity (Wildman–Crippen MR) is 59.0 cm³/mol. The van der Waals surface area contributed by atoms with Crippen LogP contribution in [0.2, 0.25) is 0 Å². The molecule has 0 aromatic carbocycles. The van der Waals surface area contributed by atoms with Crippen LogP contribution in [-0.4, -0.2) is 40.0 Å². The van der Waals surface area contributed by atoms with Gasteiger partial charge in [-0.25, -0.2) is 13.1 Å². The zero-order valence-electron chi connectivity index (χ0n) is 9.11. The lowest BCUT2D eigenvalue weighted by Gasteiger charge is -2.13. The Bertz CT molecular complexity index is 273. The molecule has 90 valence electrons. The molecule has 1 aliphatic rings. The molecule has 1 heterocycles. The molecule has 5 nitrogen and oxygen atoms in total. The van der Waals surface area contributed by atoms with Crippen LogP contribution in [0.1, 0.15) is 19.8 Å². The van der Waals surface area contributed by atoms with Gasteiger partial charge in [-0.3, -0.25) is 0 Å². The number of nitrogens with two attached hydrogens (primary N) is 1. The maximum Gasteiger partial charge on any atom is 0.215 e. The van der Waals surface area contributed by atoms with E-state index >= 15 is 0 Å². The monoisotopic (exact) mass is 236 g/mol. The van der Waals surface area contributed by atoms with E-state index in [-0.39, 0.29) is 6.54 Å². The number of nitrogens with one attached hydrogen (secondary N) is 1. The highest BCUT2D eigenvalue weighted by Crippen LogP contribution is 2.15. The minimum absolute atomic E-state index is 0.155. The summed E-state index contributed by atoms with van der Waals surface area (Å²) in [6, 6.07) is 0. The standard InChI is InChI=1S/C9H20N2O3S/c1-8(6-10)15(12,13)11-4-2-9-3-5-14-7-9/h8-9,11H,2-7,10H2,1H3. The number of ether oxygens (including phenoxy) is 1. The molecule has 1 saturated heterocycles. The molecule has 0 aromatic rings. The molecule has 0 spiro atoms. The molecular weight excluding hydrogens is 216 g/mol. The molecule has 0 saturated carbocycles. The third kappa shape index (κ3) is 4.06. The molecule has 1 fully saturated rings. The van der Waals surface area contributed by atoms with Crippen LogP contribution >= 0.6 is 0 Å². The van der Waals surface area contributed by atoms with Gasteiger partial charge in [0.1, 0.15) is 0 Å². The third-order valence-corrected chi connectivity index (χ3v) is 4.60. The Balaban J connectivity index is 2.23. The van der Waals surface area contributed by atoms with Gasteiger partial charge in [0, 0.05) is 26.3 Å². The quantitative estimate of drug-likeness (QED) is 0.662. The summed E-state index contributed by atoms with van der Waals surface area (Å²) in [5, 5.41) is -0.516. The van der Waals surface area contributed by atoms with Gasteiger partial charge < -0.3 is 10.5 Å². The lowest BCUT2D eigenvalue weighted by molar-refractivity contribution is 0.184. The Hall–Kier alpha value is -0.170. The summed E-state index contributed by atoms with van der Waals surface area (Å²) in [6.07, 6.45) is 1.88. The molecule has 2 unspecified atom stereocenters. The summed E-state index contributed by atoms with van der Waals surface area (Å²) >= 11 is 0. The Morgan fingerprint density at radius 2 is 2.33 bits per heavy atom. The van der Waals surface area contributed by atoms with Crippen LogP contribution in [0.5, 0.6) is 0 Å². The van der Waals surface area contributed by atoms with Crippen LogP contribution in [0.3, 0.4) is 0 Å². The van der Waals surface area contributed by atoms with E-state index in [9.17, 15) is 8.42 Å². The van der Waals surface area contributed by atoms with Crippen LogP contribution in [-0.2, 0) is 14.8 Å². The van der Waals surface area contributed by atoms with E-state index in [1.807, 2.05) is 0 Å². The van der Waals surface area contributed by atoms with Gasteiger partial charge in [0.2, 0.25) is 10.0 Å². The molecule has 0 amide bonds. The van der Waals surface area contributed by atoms with E-state index in [0.29, 0.717) is 12.5 Å². The maximum absolute atomic E-state index is 11.5. The van der Waals surface area contributed by atoms with Crippen LogP contribution < -0.4 is 10.5 Å². The third-order valence-electron chi connectivity index (χ3n) is 2.74. The molecular formula is C9H20N2O3S. The summed E-state index contributed by atoms with van der Waals surface area (Å²) in [6.45, 7) is 3.81. The maximum atomic E-state index is 11.5. The molecule has 0 aromatic heterocycles. The van der Waals surface area contributed by atoms with Crippen LogP contribution in [0.25, 0.3) is 0 Å². The van der Waals surface area contributed by atoms with Gasteiger partial charge in [-0.05, 0) is 25.7 Å². The average molecular weight is 236 g/mol. The first-order chi connectivity index (χ1) is 7.06. The molecule has 15 heavy (non-hydrogen) atoms. The van der Waals surface area contributed by atoms with E-state index in [1.54, 1.807) is 6.92 Å². The van der Waals surface area contributed by atoms with Crippen LogP contribution in [0.4, 0.5) is 0 Å². The van der Waals surface area contributed by atoms with Crippen molar-refractivity contribution in [2.24, 2.45) is 11.7 Å². The van der Waals surface area contributed by atoms with Crippen molar-refractivity contribution >= 4 is 10.0 Å². The zero-order valence-corrected chi connectivity index (χ0v) is 9.92. The first kappa shape index (κ1) is 12.9. The molecule has 0 bridgehead atoms. The van der Waals surface area contributed by atoms with Crippen molar-refractivity contribution in [1.82, 2.24) is 4.72 Å². The second-order valence-electron chi connectivity index (χ2n) is 4.00. The van der Waals surface area contributed by atoms with Crippen molar-refractivity contribution < 1.29 is 13.2 Å². The minimum atomic E-state index is -3.22. The highest BCUT2D eigenvalue weighted by molar-refractivity contribution is 7.90. The zero-order chi connectivity index (χ0) is 11.3. The summed E-state index contributed by atoms with van der Waals surface area (Å²) < 4.78 is 30.8. The van der Waals surface area contributed by atoms with Gasteiger partial charge in [-0.15, -0.1) is 0 Å². The van der Waals surface area contributed by atoms with Crippen LogP contribution in [0.15, 0.2) is 0 Å². The van der Waals surface area contributed by atoms with Crippen molar-refractivity contribution in [2.75, 3.05) is 26.3 Å². The smallest absolute Gasteiger partial charge is 0.215 e. The number of hydrogen-bond donors (Lipinski definition) is 2. The Morgan fingerprint density at radius 1 is 1.60 bits per heavy atom. The van der Waals surface area contributed by atoms with Crippen molar-refractivity contribution in [3.8, 4) is 0 Å². The second kappa shape index (κ2) is 5.79. The molecule has 6 heteroatoms. The summed E-state index contributed by atoms with van der Waals surface area (Å²) in [7, 11) is -3.22. The fourth-order valence-electron chi connectivity index (χ4n) is 1.49. The van der Waals surface area contributed by atoms with Gasteiger partial charge in [0.25, 0.3) is 0 Å². The average Bonchev–Trinajstić information content (AvgIpc) is 2.69. The highest BCUT2D eigenvalue weighted by atomic mass is 32.2. The second-order valence-corrected chi connectivity index (χ2v) is 6.19. The van der Waals surface area contributed by atoms with Crippen molar-refractivity contribution in [1.29, 1.82) is 0 Å². The van der Waals surface area contributed by atoms with E-state index < -0.39 is 15.3 Å². The van der Waals surface area contributed by atoms with Gasteiger partial charge in [-0.1, -0.05) is 0 Å². The van der Waals surface area contributed by atoms with E-state index in [0.717, 1.165) is 26.1 Å². The van der Waals surface area contributed by atoms with E-state index in [2.05, 4.69) is 4.72 Å². The van der Waals surface area contributed by atoms with E-state index in [1.165, 1.54) is 0 Å². The Morgan fingerprint density at radius 3 is 2.87 bits per heavy atom. The number of hydrogen-bond acceptors (Lipinski definition) is 4. The molecule has 3 N–H and O–H groups in total. The lowest BCUT2D eigenvalue weighted by atomic mass is 10.1. The topological polar surface area (TPSA) is 81.4 Å². The lowest BCUT2D eigenvalue weighted by Crippen LogP contribution is -2.37. The molecule has 0 radical (unpaired) electrons. The summed E-state index contributed by atoms with van der Waals surface area (Å²) in [5.41, 5.74) is 5.31. The molecule has 2 atom stereocenters. The summed E-state index contributed by atoms with van der Waals surface area (Å²) in [4.78, 5) is 0. The molecule has 0 aliphatic carbocycles. The SMILES string of the molecule is CC(CN)S(=O)(=O)NCCC1CCOC1. The fraction of sp³-hybridized carbons (Fsp3) is 1.00. The normalized spacial score (nSPS) is 24.3. The summed E-state index contributed by atoms with van der Waals surface area (Å²) in [5.74, 6) is 0.501. The van der Waals surface area contributed by atoms with Gasteiger partial charge in [0.05, 0.1) is 5.25 Å². The predicted octanol–water partition coefficient (Wildman–Crippen LogP) is -0.320. The molecule has 1 rings (SSSR count). The Kier molecular flexibility index (Phi) is 4.98. The Labute approximate surface area is 91.4 Å². The van der Waals surface area contributed by atoms with Crippen molar-refractivity contribution in [3.05, 3.63) is 0 Å².